The lowest BCUT2D eigenvalue weighted by atomic mass is 10.1. The molecule has 0 N–H and O–H groups in total. The van der Waals surface area contributed by atoms with Gasteiger partial charge in [0.2, 0.25) is 0 Å². The number of hydrogen-bond donors (Lipinski definition) is 0. The van der Waals surface area contributed by atoms with E-state index >= 15 is 0 Å². The van der Waals surface area contributed by atoms with Crippen LogP contribution in [0.25, 0.3) is 20.5 Å². The molecule has 102 valence electrons. The molecule has 1 aromatic heterocycles. The molecule has 2 aromatic carbocycles. The molecule has 0 amide bonds. The van der Waals surface area contributed by atoms with Gasteiger partial charge in [0.1, 0.15) is 10.8 Å². The molecule has 3 aromatic rings. The van der Waals surface area contributed by atoms with Gasteiger partial charge in [-0.1, -0.05) is 47.5 Å². The standard InChI is InChI=1S/C16H12Cl2OS/c1-9-5-3-4-6-11(9)13-8-10-7-12(19-2)14(17)15(18)16(10)20-13/h3-8H,1-2H3. The van der Waals surface area contributed by atoms with Crippen molar-refractivity contribution in [2.45, 2.75) is 6.92 Å². The molecular weight excluding hydrogens is 311 g/mol. The number of halogens is 2. The van der Waals surface area contributed by atoms with E-state index in [2.05, 4.69) is 25.1 Å². The third-order valence-electron chi connectivity index (χ3n) is 3.29. The number of methoxy groups -OCH3 is 1. The van der Waals surface area contributed by atoms with E-state index in [4.69, 9.17) is 27.9 Å². The molecule has 0 unspecified atom stereocenters. The second-order valence-corrected chi connectivity index (χ2v) is 6.36. The van der Waals surface area contributed by atoms with Gasteiger partial charge in [0.15, 0.2) is 0 Å². The minimum atomic E-state index is 0.472. The van der Waals surface area contributed by atoms with Gasteiger partial charge in [0.05, 0.1) is 16.8 Å². The fourth-order valence-electron chi connectivity index (χ4n) is 2.23. The summed E-state index contributed by atoms with van der Waals surface area (Å²) in [5.41, 5.74) is 2.47. The molecule has 0 spiro atoms. The lowest BCUT2D eigenvalue weighted by Gasteiger charge is -2.04. The minimum absolute atomic E-state index is 0.472. The molecule has 0 saturated carbocycles. The summed E-state index contributed by atoms with van der Waals surface area (Å²) in [5, 5.41) is 2.09. The maximum Gasteiger partial charge on any atom is 0.139 e. The third kappa shape index (κ3) is 2.18. The third-order valence-corrected chi connectivity index (χ3v) is 5.45. The van der Waals surface area contributed by atoms with Crippen LogP contribution < -0.4 is 4.74 Å². The van der Waals surface area contributed by atoms with Gasteiger partial charge < -0.3 is 4.74 Å². The highest BCUT2D eigenvalue weighted by atomic mass is 35.5. The van der Waals surface area contributed by atoms with Crippen molar-refractivity contribution in [1.29, 1.82) is 0 Å². The Morgan fingerprint density at radius 2 is 1.80 bits per heavy atom. The van der Waals surface area contributed by atoms with Gasteiger partial charge in [-0.3, -0.25) is 0 Å². The summed E-state index contributed by atoms with van der Waals surface area (Å²) in [4.78, 5) is 1.18. The second-order valence-electron chi connectivity index (χ2n) is 4.55. The minimum Gasteiger partial charge on any atom is -0.495 e. The fourth-order valence-corrected chi connectivity index (χ4v) is 4.00. The molecule has 1 nitrogen and oxygen atoms in total. The van der Waals surface area contributed by atoms with Gasteiger partial charge in [-0.15, -0.1) is 11.3 Å². The maximum atomic E-state index is 6.35. The molecule has 0 aliphatic carbocycles. The zero-order chi connectivity index (χ0) is 14.3. The maximum absolute atomic E-state index is 6.35. The Morgan fingerprint density at radius 3 is 2.50 bits per heavy atom. The average molecular weight is 323 g/mol. The van der Waals surface area contributed by atoms with Crippen molar-refractivity contribution in [3.8, 4) is 16.2 Å². The highest BCUT2D eigenvalue weighted by molar-refractivity contribution is 7.23. The largest absolute Gasteiger partial charge is 0.495 e. The van der Waals surface area contributed by atoms with Gasteiger partial charge in [-0.2, -0.15) is 0 Å². The Bertz CT molecular complexity index is 793. The lowest BCUT2D eigenvalue weighted by Crippen LogP contribution is -1.84. The summed E-state index contributed by atoms with van der Waals surface area (Å²) >= 11 is 14.2. The normalized spacial score (nSPS) is 11.0. The summed E-state index contributed by atoms with van der Waals surface area (Å²) in [6.07, 6.45) is 0. The van der Waals surface area contributed by atoms with Crippen LogP contribution in [0.4, 0.5) is 0 Å². The number of hydrogen-bond acceptors (Lipinski definition) is 2. The highest BCUT2D eigenvalue weighted by Gasteiger charge is 2.15. The Kier molecular flexibility index (Phi) is 3.63. The molecule has 0 bridgehead atoms. The van der Waals surface area contributed by atoms with Crippen LogP contribution in [-0.2, 0) is 0 Å². The van der Waals surface area contributed by atoms with Crippen molar-refractivity contribution in [1.82, 2.24) is 0 Å². The molecular formula is C16H12Cl2OS. The number of aryl methyl sites for hydroxylation is 1. The first-order chi connectivity index (χ1) is 9.61. The Morgan fingerprint density at radius 1 is 1.05 bits per heavy atom. The fraction of sp³-hybridized carbons (Fsp3) is 0.125. The van der Waals surface area contributed by atoms with Crippen molar-refractivity contribution in [3.63, 3.8) is 0 Å². The summed E-state index contributed by atoms with van der Waals surface area (Å²) < 4.78 is 6.26. The molecule has 0 radical (unpaired) electrons. The number of fused-ring (bicyclic) bond motifs is 1. The molecule has 0 fully saturated rings. The average Bonchev–Trinajstić information content (AvgIpc) is 2.87. The molecule has 1 heterocycles. The first-order valence-corrected chi connectivity index (χ1v) is 7.70. The number of benzene rings is 2. The molecule has 20 heavy (non-hydrogen) atoms. The zero-order valence-electron chi connectivity index (χ0n) is 11.0. The van der Waals surface area contributed by atoms with Crippen LogP contribution in [0.1, 0.15) is 5.56 Å². The van der Waals surface area contributed by atoms with Crippen LogP contribution in [0.3, 0.4) is 0 Å². The predicted octanol–water partition coefficient (Wildman–Crippen LogP) is 6.19. The second kappa shape index (κ2) is 5.28. The molecule has 0 atom stereocenters. The van der Waals surface area contributed by atoms with E-state index in [1.54, 1.807) is 18.4 Å². The van der Waals surface area contributed by atoms with E-state index in [-0.39, 0.29) is 0 Å². The monoisotopic (exact) mass is 322 g/mol. The first-order valence-electron chi connectivity index (χ1n) is 6.13. The summed E-state index contributed by atoms with van der Waals surface area (Å²) in [7, 11) is 1.60. The predicted molar refractivity (Wildman–Crippen MR) is 88.6 cm³/mol. The number of ether oxygens (including phenoxy) is 1. The quantitative estimate of drug-likeness (QED) is 0.546. The van der Waals surface area contributed by atoms with Crippen LogP contribution in [0.2, 0.25) is 10.0 Å². The van der Waals surface area contributed by atoms with E-state index in [0.29, 0.717) is 15.8 Å². The van der Waals surface area contributed by atoms with E-state index in [9.17, 15) is 0 Å². The van der Waals surface area contributed by atoms with Crippen LogP contribution in [-0.4, -0.2) is 7.11 Å². The van der Waals surface area contributed by atoms with Gasteiger partial charge in [0.25, 0.3) is 0 Å². The summed E-state index contributed by atoms with van der Waals surface area (Å²) in [6, 6.07) is 12.4. The van der Waals surface area contributed by atoms with E-state index in [1.165, 1.54) is 16.0 Å². The Balaban J connectivity index is 2.26. The molecule has 3 rings (SSSR count). The van der Waals surface area contributed by atoms with Crippen molar-refractivity contribution >= 4 is 44.6 Å². The topological polar surface area (TPSA) is 9.23 Å². The van der Waals surface area contributed by atoms with Crippen molar-refractivity contribution in [2.75, 3.05) is 7.11 Å². The number of rotatable bonds is 2. The van der Waals surface area contributed by atoms with Crippen LogP contribution in [0.5, 0.6) is 5.75 Å². The summed E-state index contributed by atoms with van der Waals surface area (Å²) in [5.74, 6) is 0.610. The van der Waals surface area contributed by atoms with Gasteiger partial charge in [0, 0.05) is 4.88 Å². The van der Waals surface area contributed by atoms with Crippen LogP contribution >= 0.6 is 34.5 Å². The molecule has 4 heteroatoms. The van der Waals surface area contributed by atoms with Gasteiger partial charge in [-0.05, 0) is 35.6 Å². The van der Waals surface area contributed by atoms with Gasteiger partial charge >= 0.3 is 0 Å². The first kappa shape index (κ1) is 13.7. The Hall–Kier alpha value is -1.22. The Labute approximate surface area is 131 Å². The van der Waals surface area contributed by atoms with E-state index in [0.717, 1.165) is 10.1 Å². The van der Waals surface area contributed by atoms with Crippen LogP contribution in [0, 0.1) is 6.92 Å². The highest BCUT2D eigenvalue weighted by Crippen LogP contribution is 2.44. The van der Waals surface area contributed by atoms with Crippen molar-refractivity contribution in [2.24, 2.45) is 0 Å². The van der Waals surface area contributed by atoms with Gasteiger partial charge in [-0.25, -0.2) is 0 Å². The smallest absolute Gasteiger partial charge is 0.139 e. The van der Waals surface area contributed by atoms with Crippen molar-refractivity contribution in [3.05, 3.63) is 52.0 Å². The SMILES string of the molecule is COc1cc2cc(-c3ccccc3C)sc2c(Cl)c1Cl. The van der Waals surface area contributed by atoms with Crippen molar-refractivity contribution < 1.29 is 4.74 Å². The number of thiophene rings is 1. The molecule has 0 saturated heterocycles. The van der Waals surface area contributed by atoms with E-state index in [1.807, 2.05) is 18.2 Å². The molecule has 0 aliphatic rings. The molecule has 0 aliphatic heterocycles. The van der Waals surface area contributed by atoms with E-state index < -0.39 is 0 Å². The van der Waals surface area contributed by atoms with Crippen LogP contribution in [0.15, 0.2) is 36.4 Å². The summed E-state index contributed by atoms with van der Waals surface area (Å²) in [6.45, 7) is 2.11. The lowest BCUT2D eigenvalue weighted by molar-refractivity contribution is 0.415. The zero-order valence-corrected chi connectivity index (χ0v) is 13.4.